The number of aromatic nitrogens is 2. The fraction of sp³-hybridized carbons (Fsp3) is 0.750. The molecule has 3 heterocycles. The molecule has 1 aromatic heterocycles. The van der Waals surface area contributed by atoms with E-state index in [0.29, 0.717) is 18.4 Å². The van der Waals surface area contributed by atoms with Crippen molar-refractivity contribution in [2.24, 2.45) is 5.92 Å². The number of nitrogens with zero attached hydrogens (tertiary/aromatic N) is 2. The van der Waals surface area contributed by atoms with Gasteiger partial charge in [-0.1, -0.05) is 0 Å². The molecule has 1 saturated heterocycles. The second-order valence-corrected chi connectivity index (χ2v) is 6.02. The van der Waals surface area contributed by atoms with Crippen LogP contribution in [-0.2, 0) is 13.0 Å². The first kappa shape index (κ1) is 10.7. The first-order valence-electron chi connectivity index (χ1n) is 6.11. The van der Waals surface area contributed by atoms with Crippen LogP contribution in [0.2, 0.25) is 0 Å². The molecule has 1 fully saturated rings. The van der Waals surface area contributed by atoms with Crippen molar-refractivity contribution in [3.8, 4) is 0 Å². The lowest BCUT2D eigenvalue weighted by atomic mass is 9.98. The standard InChI is InChI=1S/C12H18N2OS/c15-7-9-1-2-11-5-13-12(14(11)6-9)10-3-4-16-8-10/h5,9-10,15H,1-4,6-8H2. The number of aliphatic hydroxyl groups is 1. The van der Waals surface area contributed by atoms with E-state index in [2.05, 4.69) is 9.55 Å². The van der Waals surface area contributed by atoms with Gasteiger partial charge in [-0.15, -0.1) is 0 Å². The summed E-state index contributed by atoms with van der Waals surface area (Å²) < 4.78 is 2.38. The molecule has 2 aliphatic rings. The van der Waals surface area contributed by atoms with Gasteiger partial charge in [-0.05, 0) is 25.0 Å². The van der Waals surface area contributed by atoms with E-state index in [1.165, 1.54) is 29.4 Å². The van der Waals surface area contributed by atoms with Crippen molar-refractivity contribution >= 4 is 11.8 Å². The van der Waals surface area contributed by atoms with Gasteiger partial charge in [0.1, 0.15) is 5.82 Å². The zero-order valence-corrected chi connectivity index (χ0v) is 10.2. The van der Waals surface area contributed by atoms with Gasteiger partial charge in [0.05, 0.1) is 0 Å². The molecule has 0 spiro atoms. The van der Waals surface area contributed by atoms with E-state index in [4.69, 9.17) is 0 Å². The number of imidazole rings is 1. The van der Waals surface area contributed by atoms with Gasteiger partial charge in [-0.3, -0.25) is 0 Å². The first-order valence-corrected chi connectivity index (χ1v) is 7.27. The van der Waals surface area contributed by atoms with E-state index in [0.717, 1.165) is 19.4 Å². The summed E-state index contributed by atoms with van der Waals surface area (Å²) in [4.78, 5) is 4.62. The van der Waals surface area contributed by atoms with Crippen LogP contribution in [0.4, 0.5) is 0 Å². The molecule has 1 aromatic rings. The van der Waals surface area contributed by atoms with Crippen LogP contribution in [0.1, 0.15) is 30.3 Å². The molecule has 0 radical (unpaired) electrons. The molecule has 0 amide bonds. The minimum Gasteiger partial charge on any atom is -0.396 e. The molecule has 4 heteroatoms. The molecule has 3 nitrogen and oxygen atoms in total. The molecule has 0 saturated carbocycles. The maximum atomic E-state index is 9.27. The Balaban J connectivity index is 1.87. The Bertz CT molecular complexity index is 371. The average molecular weight is 238 g/mol. The summed E-state index contributed by atoms with van der Waals surface area (Å²) in [5, 5.41) is 9.27. The summed E-state index contributed by atoms with van der Waals surface area (Å²) in [7, 11) is 0. The van der Waals surface area contributed by atoms with E-state index in [1.807, 2.05) is 18.0 Å². The minimum atomic E-state index is 0.316. The molecular formula is C12H18N2OS. The predicted molar refractivity (Wildman–Crippen MR) is 65.8 cm³/mol. The van der Waals surface area contributed by atoms with Gasteiger partial charge >= 0.3 is 0 Å². The summed E-state index contributed by atoms with van der Waals surface area (Å²) in [6.07, 6.45) is 5.51. The molecule has 88 valence electrons. The maximum Gasteiger partial charge on any atom is 0.112 e. The summed E-state index contributed by atoms with van der Waals surface area (Å²) in [6.45, 7) is 1.29. The Morgan fingerprint density at radius 1 is 1.50 bits per heavy atom. The molecule has 0 aliphatic carbocycles. The van der Waals surface area contributed by atoms with Gasteiger partial charge in [0, 0.05) is 42.6 Å². The number of fused-ring (bicyclic) bond motifs is 1. The van der Waals surface area contributed by atoms with Crippen molar-refractivity contribution < 1.29 is 5.11 Å². The quantitative estimate of drug-likeness (QED) is 0.851. The van der Waals surface area contributed by atoms with Crippen LogP contribution < -0.4 is 0 Å². The Morgan fingerprint density at radius 2 is 2.44 bits per heavy atom. The molecule has 3 rings (SSSR count). The maximum absolute atomic E-state index is 9.27. The Morgan fingerprint density at radius 3 is 3.19 bits per heavy atom. The van der Waals surface area contributed by atoms with Crippen LogP contribution in [0.5, 0.6) is 0 Å². The first-order chi connectivity index (χ1) is 7.88. The molecule has 0 bridgehead atoms. The lowest BCUT2D eigenvalue weighted by Gasteiger charge is -2.25. The number of aliphatic hydroxyl groups excluding tert-OH is 1. The van der Waals surface area contributed by atoms with Gasteiger partial charge in [0.25, 0.3) is 0 Å². The molecular weight excluding hydrogens is 220 g/mol. The van der Waals surface area contributed by atoms with Crippen molar-refractivity contribution in [2.45, 2.75) is 31.7 Å². The number of rotatable bonds is 2. The van der Waals surface area contributed by atoms with E-state index in [-0.39, 0.29) is 0 Å². The van der Waals surface area contributed by atoms with Crippen LogP contribution in [-0.4, -0.2) is 32.8 Å². The fourth-order valence-electron chi connectivity index (χ4n) is 2.75. The highest BCUT2D eigenvalue weighted by molar-refractivity contribution is 7.99. The largest absolute Gasteiger partial charge is 0.396 e. The van der Waals surface area contributed by atoms with E-state index >= 15 is 0 Å². The van der Waals surface area contributed by atoms with Crippen molar-refractivity contribution in [1.29, 1.82) is 0 Å². The number of aryl methyl sites for hydroxylation is 1. The summed E-state index contributed by atoms with van der Waals surface area (Å²) in [6, 6.07) is 0. The average Bonchev–Trinajstić information content (AvgIpc) is 2.96. The fourth-order valence-corrected chi connectivity index (χ4v) is 3.97. The summed E-state index contributed by atoms with van der Waals surface area (Å²) in [5.74, 6) is 4.86. The van der Waals surface area contributed by atoms with Crippen molar-refractivity contribution in [2.75, 3.05) is 18.1 Å². The SMILES string of the molecule is OCC1CCc2cnc(C3CCSC3)n2C1. The van der Waals surface area contributed by atoms with Crippen LogP contribution in [0, 0.1) is 5.92 Å². The van der Waals surface area contributed by atoms with Crippen LogP contribution in [0.15, 0.2) is 6.20 Å². The zero-order chi connectivity index (χ0) is 11.0. The number of hydrogen-bond acceptors (Lipinski definition) is 3. The summed E-state index contributed by atoms with van der Waals surface area (Å²) in [5.41, 5.74) is 1.37. The van der Waals surface area contributed by atoms with Crippen LogP contribution in [0.3, 0.4) is 0 Å². The normalized spacial score (nSPS) is 29.3. The smallest absolute Gasteiger partial charge is 0.112 e. The highest BCUT2D eigenvalue weighted by Crippen LogP contribution is 2.33. The monoisotopic (exact) mass is 238 g/mol. The third-order valence-corrected chi connectivity index (χ3v) is 4.93. The van der Waals surface area contributed by atoms with Crippen LogP contribution in [0.25, 0.3) is 0 Å². The van der Waals surface area contributed by atoms with E-state index < -0.39 is 0 Å². The van der Waals surface area contributed by atoms with E-state index in [1.54, 1.807) is 0 Å². The topological polar surface area (TPSA) is 38.1 Å². The second-order valence-electron chi connectivity index (χ2n) is 4.87. The highest BCUT2D eigenvalue weighted by Gasteiger charge is 2.27. The number of thioether (sulfide) groups is 1. The van der Waals surface area contributed by atoms with Gasteiger partial charge < -0.3 is 9.67 Å². The lowest BCUT2D eigenvalue weighted by Crippen LogP contribution is -2.24. The molecule has 0 aromatic carbocycles. The highest BCUT2D eigenvalue weighted by atomic mass is 32.2. The van der Waals surface area contributed by atoms with E-state index in [9.17, 15) is 5.11 Å². The van der Waals surface area contributed by atoms with Gasteiger partial charge in [-0.2, -0.15) is 11.8 Å². The van der Waals surface area contributed by atoms with Gasteiger partial charge in [0.15, 0.2) is 0 Å². The van der Waals surface area contributed by atoms with Gasteiger partial charge in [-0.25, -0.2) is 4.98 Å². The Labute approximate surface area is 100 Å². The van der Waals surface area contributed by atoms with Gasteiger partial charge in [0.2, 0.25) is 0 Å². The molecule has 2 unspecified atom stereocenters. The molecule has 2 aliphatic heterocycles. The van der Waals surface area contributed by atoms with Crippen molar-refractivity contribution in [3.63, 3.8) is 0 Å². The van der Waals surface area contributed by atoms with Crippen LogP contribution >= 0.6 is 11.8 Å². The third-order valence-electron chi connectivity index (χ3n) is 3.77. The summed E-state index contributed by atoms with van der Waals surface area (Å²) >= 11 is 2.03. The van der Waals surface area contributed by atoms with Crippen molar-refractivity contribution in [1.82, 2.24) is 9.55 Å². The molecule has 1 N–H and O–H groups in total. The molecule has 16 heavy (non-hydrogen) atoms. The second kappa shape index (κ2) is 4.41. The number of hydrogen-bond donors (Lipinski definition) is 1. The third kappa shape index (κ3) is 1.78. The Hall–Kier alpha value is -0.480. The molecule has 2 atom stereocenters. The lowest BCUT2D eigenvalue weighted by molar-refractivity contribution is 0.190. The predicted octanol–water partition coefficient (Wildman–Crippen LogP) is 1.66. The Kier molecular flexibility index (Phi) is 2.94. The zero-order valence-electron chi connectivity index (χ0n) is 9.43. The van der Waals surface area contributed by atoms with Crippen molar-refractivity contribution in [3.05, 3.63) is 17.7 Å². The minimum absolute atomic E-state index is 0.316.